The molecule has 122 valence electrons. The van der Waals surface area contributed by atoms with Crippen LogP contribution >= 0.6 is 0 Å². The third-order valence-electron chi connectivity index (χ3n) is 3.96. The molecule has 0 bridgehead atoms. The zero-order valence-electron chi connectivity index (χ0n) is 13.5. The Labute approximate surface area is 132 Å². The summed E-state index contributed by atoms with van der Waals surface area (Å²) in [7, 11) is 1.97. The number of piperidine rings is 1. The number of hydrogen-bond donors (Lipinski definition) is 1. The predicted molar refractivity (Wildman–Crippen MR) is 86.3 cm³/mol. The van der Waals surface area contributed by atoms with E-state index in [1.54, 1.807) is 0 Å². The SMILES string of the molecule is CCOc1ccccc1OCC(=O)N1CCC(CNC)CC1. The van der Waals surface area contributed by atoms with Crippen molar-refractivity contribution in [3.8, 4) is 11.5 Å². The van der Waals surface area contributed by atoms with Gasteiger partial charge < -0.3 is 19.7 Å². The molecule has 1 fully saturated rings. The number of carbonyl (C=O) groups excluding carboxylic acids is 1. The van der Waals surface area contributed by atoms with Crippen LogP contribution in [0.4, 0.5) is 0 Å². The third kappa shape index (κ3) is 4.63. The summed E-state index contributed by atoms with van der Waals surface area (Å²) in [6, 6.07) is 7.46. The summed E-state index contributed by atoms with van der Waals surface area (Å²) in [6.45, 7) is 5.24. The Hall–Kier alpha value is -1.75. The molecule has 1 aliphatic heterocycles. The maximum Gasteiger partial charge on any atom is 0.260 e. The molecule has 1 heterocycles. The molecule has 1 aromatic rings. The molecule has 1 amide bonds. The zero-order chi connectivity index (χ0) is 15.8. The monoisotopic (exact) mass is 306 g/mol. The minimum Gasteiger partial charge on any atom is -0.490 e. The standard InChI is InChI=1S/C17H26N2O3/c1-3-21-15-6-4-5-7-16(15)22-13-17(20)19-10-8-14(9-11-19)12-18-2/h4-7,14,18H,3,8-13H2,1-2H3. The van der Waals surface area contributed by atoms with Crippen LogP contribution in [0.1, 0.15) is 19.8 Å². The minimum atomic E-state index is 0.0502. The first-order valence-corrected chi connectivity index (χ1v) is 8.01. The van der Waals surface area contributed by atoms with E-state index >= 15 is 0 Å². The van der Waals surface area contributed by atoms with Crippen LogP contribution in [0.25, 0.3) is 0 Å². The summed E-state index contributed by atoms with van der Waals surface area (Å²) in [5.41, 5.74) is 0. The Bertz CT molecular complexity index is 471. The van der Waals surface area contributed by atoms with Crippen molar-refractivity contribution >= 4 is 5.91 Å². The van der Waals surface area contributed by atoms with Gasteiger partial charge in [-0.15, -0.1) is 0 Å². The Kier molecular flexibility index (Phi) is 6.52. The van der Waals surface area contributed by atoms with Gasteiger partial charge in [-0.1, -0.05) is 12.1 Å². The number of rotatable bonds is 7. The molecule has 0 aliphatic carbocycles. The number of nitrogens with zero attached hydrogens (tertiary/aromatic N) is 1. The van der Waals surface area contributed by atoms with E-state index in [4.69, 9.17) is 9.47 Å². The van der Waals surface area contributed by atoms with Gasteiger partial charge in [-0.2, -0.15) is 0 Å². The van der Waals surface area contributed by atoms with E-state index in [2.05, 4.69) is 5.32 Å². The molecule has 1 aromatic carbocycles. The van der Waals surface area contributed by atoms with Crippen LogP contribution in [0.15, 0.2) is 24.3 Å². The lowest BCUT2D eigenvalue weighted by atomic mass is 9.97. The average Bonchev–Trinajstić information content (AvgIpc) is 2.55. The van der Waals surface area contributed by atoms with Gasteiger partial charge in [0.05, 0.1) is 6.61 Å². The van der Waals surface area contributed by atoms with Gasteiger partial charge in [0.1, 0.15) is 0 Å². The molecule has 5 heteroatoms. The van der Waals surface area contributed by atoms with Gasteiger partial charge in [0.2, 0.25) is 0 Å². The second-order valence-electron chi connectivity index (χ2n) is 5.55. The van der Waals surface area contributed by atoms with Crippen LogP contribution in [0, 0.1) is 5.92 Å². The lowest BCUT2D eigenvalue weighted by Gasteiger charge is -2.31. The van der Waals surface area contributed by atoms with E-state index < -0.39 is 0 Å². The average molecular weight is 306 g/mol. The van der Waals surface area contributed by atoms with Gasteiger partial charge >= 0.3 is 0 Å². The van der Waals surface area contributed by atoms with E-state index in [0.29, 0.717) is 24.0 Å². The van der Waals surface area contributed by atoms with Crippen molar-refractivity contribution in [2.24, 2.45) is 5.92 Å². The first-order valence-electron chi connectivity index (χ1n) is 8.01. The summed E-state index contributed by atoms with van der Waals surface area (Å²) in [5, 5.41) is 3.20. The molecule has 5 nitrogen and oxygen atoms in total. The summed E-state index contributed by atoms with van der Waals surface area (Å²) >= 11 is 0. The fraction of sp³-hybridized carbons (Fsp3) is 0.588. The second-order valence-corrected chi connectivity index (χ2v) is 5.55. The molecule has 0 spiro atoms. The summed E-state index contributed by atoms with van der Waals surface area (Å²) in [6.07, 6.45) is 2.12. The van der Waals surface area contributed by atoms with Crippen molar-refractivity contribution in [1.29, 1.82) is 0 Å². The molecule has 1 N–H and O–H groups in total. The van der Waals surface area contributed by atoms with Crippen molar-refractivity contribution in [2.75, 3.05) is 39.9 Å². The van der Waals surface area contributed by atoms with Gasteiger partial charge in [0.15, 0.2) is 18.1 Å². The molecule has 0 radical (unpaired) electrons. The van der Waals surface area contributed by atoms with Gasteiger partial charge in [-0.25, -0.2) is 0 Å². The second kappa shape index (κ2) is 8.63. The number of likely N-dealkylation sites (tertiary alicyclic amines) is 1. The van der Waals surface area contributed by atoms with E-state index in [0.717, 1.165) is 32.5 Å². The van der Waals surface area contributed by atoms with Crippen LogP contribution in [0.5, 0.6) is 11.5 Å². The summed E-state index contributed by atoms with van der Waals surface area (Å²) < 4.78 is 11.1. The summed E-state index contributed by atoms with van der Waals surface area (Å²) in [5.74, 6) is 2.04. The topological polar surface area (TPSA) is 50.8 Å². The normalized spacial score (nSPS) is 15.6. The number of amides is 1. The van der Waals surface area contributed by atoms with Crippen molar-refractivity contribution < 1.29 is 14.3 Å². The minimum absolute atomic E-state index is 0.0502. The number of hydrogen-bond acceptors (Lipinski definition) is 4. The predicted octanol–water partition coefficient (Wildman–Crippen LogP) is 1.92. The highest BCUT2D eigenvalue weighted by atomic mass is 16.5. The Morgan fingerprint density at radius 1 is 1.23 bits per heavy atom. The van der Waals surface area contributed by atoms with Crippen molar-refractivity contribution in [2.45, 2.75) is 19.8 Å². The quantitative estimate of drug-likeness (QED) is 0.836. The van der Waals surface area contributed by atoms with E-state index in [9.17, 15) is 4.79 Å². The zero-order valence-corrected chi connectivity index (χ0v) is 13.5. The van der Waals surface area contributed by atoms with Crippen LogP contribution in [-0.2, 0) is 4.79 Å². The van der Waals surface area contributed by atoms with E-state index in [-0.39, 0.29) is 12.5 Å². The highest BCUT2D eigenvalue weighted by Gasteiger charge is 2.22. The van der Waals surface area contributed by atoms with Gasteiger partial charge in [-0.3, -0.25) is 4.79 Å². The van der Waals surface area contributed by atoms with Gasteiger partial charge in [-0.05, 0) is 51.4 Å². The molecule has 0 saturated carbocycles. The number of ether oxygens (including phenoxy) is 2. The molecular weight excluding hydrogens is 280 g/mol. The molecule has 1 saturated heterocycles. The molecule has 0 unspecified atom stereocenters. The number of para-hydroxylation sites is 2. The lowest BCUT2D eigenvalue weighted by Crippen LogP contribution is -2.42. The molecular formula is C17H26N2O3. The fourth-order valence-corrected chi connectivity index (χ4v) is 2.75. The molecule has 0 aromatic heterocycles. The van der Waals surface area contributed by atoms with Gasteiger partial charge in [0, 0.05) is 13.1 Å². The van der Waals surface area contributed by atoms with Crippen LogP contribution in [-0.4, -0.2) is 50.7 Å². The Morgan fingerprint density at radius 2 is 1.86 bits per heavy atom. The number of benzene rings is 1. The van der Waals surface area contributed by atoms with Crippen LogP contribution < -0.4 is 14.8 Å². The largest absolute Gasteiger partial charge is 0.490 e. The molecule has 1 aliphatic rings. The van der Waals surface area contributed by atoms with E-state index in [1.807, 2.05) is 43.1 Å². The van der Waals surface area contributed by atoms with Crippen molar-refractivity contribution in [3.05, 3.63) is 24.3 Å². The number of nitrogens with one attached hydrogen (secondary N) is 1. The van der Waals surface area contributed by atoms with Crippen molar-refractivity contribution in [1.82, 2.24) is 10.2 Å². The first-order chi connectivity index (χ1) is 10.7. The highest BCUT2D eigenvalue weighted by molar-refractivity contribution is 5.78. The summed E-state index contributed by atoms with van der Waals surface area (Å²) in [4.78, 5) is 14.1. The van der Waals surface area contributed by atoms with Gasteiger partial charge in [0.25, 0.3) is 5.91 Å². The molecule has 2 rings (SSSR count). The van der Waals surface area contributed by atoms with Crippen LogP contribution in [0.3, 0.4) is 0 Å². The van der Waals surface area contributed by atoms with Crippen molar-refractivity contribution in [3.63, 3.8) is 0 Å². The molecule has 0 atom stereocenters. The maximum atomic E-state index is 12.2. The smallest absolute Gasteiger partial charge is 0.260 e. The van der Waals surface area contributed by atoms with E-state index in [1.165, 1.54) is 0 Å². The first kappa shape index (κ1) is 16.6. The third-order valence-corrected chi connectivity index (χ3v) is 3.96. The highest BCUT2D eigenvalue weighted by Crippen LogP contribution is 2.26. The fourth-order valence-electron chi connectivity index (χ4n) is 2.75. The molecule has 22 heavy (non-hydrogen) atoms. The Balaban J connectivity index is 1.81. The lowest BCUT2D eigenvalue weighted by molar-refractivity contribution is -0.134. The maximum absolute atomic E-state index is 12.2. The Morgan fingerprint density at radius 3 is 2.45 bits per heavy atom. The van der Waals surface area contributed by atoms with Crippen LogP contribution in [0.2, 0.25) is 0 Å². The number of carbonyl (C=O) groups is 1.